The summed E-state index contributed by atoms with van der Waals surface area (Å²) in [7, 11) is 1.69. The first kappa shape index (κ1) is 12.0. The number of hydrogen-bond donors (Lipinski definition) is 0. The largest absolute Gasteiger partial charge is 0.330 e. The van der Waals surface area contributed by atoms with Crippen LogP contribution in [-0.4, -0.2) is 23.9 Å². The summed E-state index contributed by atoms with van der Waals surface area (Å²) < 4.78 is 0. The van der Waals surface area contributed by atoms with Crippen LogP contribution in [0.5, 0.6) is 0 Å². The molecule has 0 aliphatic heterocycles. The lowest BCUT2D eigenvalue weighted by Gasteiger charge is -2.23. The molecule has 0 saturated carbocycles. The maximum Gasteiger partial charge on any atom is 0.226 e. The number of hydrogen-bond acceptors (Lipinski definition) is 2. The van der Waals surface area contributed by atoms with Crippen molar-refractivity contribution in [1.29, 1.82) is 5.26 Å². The molecule has 0 aliphatic carbocycles. The molecule has 13 heavy (non-hydrogen) atoms. The summed E-state index contributed by atoms with van der Waals surface area (Å²) in [4.78, 5) is 13.2. The second kappa shape index (κ2) is 5.58. The van der Waals surface area contributed by atoms with E-state index in [1.165, 1.54) is 4.90 Å². The summed E-state index contributed by atoms with van der Waals surface area (Å²) in [6.07, 6.45) is 1.69. The maximum atomic E-state index is 11.7. The molecule has 0 rings (SSSR count). The van der Waals surface area contributed by atoms with Crippen LogP contribution in [0.25, 0.3) is 0 Å². The van der Waals surface area contributed by atoms with Gasteiger partial charge in [-0.15, -0.1) is 0 Å². The van der Waals surface area contributed by atoms with E-state index >= 15 is 0 Å². The van der Waals surface area contributed by atoms with E-state index in [4.69, 9.17) is 5.26 Å². The molecular weight excluding hydrogens is 164 g/mol. The smallest absolute Gasteiger partial charge is 0.226 e. The van der Waals surface area contributed by atoms with E-state index in [2.05, 4.69) is 6.07 Å². The fraction of sp³-hybridized carbons (Fsp3) is 0.800. The van der Waals surface area contributed by atoms with Crippen molar-refractivity contribution in [3.63, 3.8) is 0 Å². The van der Waals surface area contributed by atoms with Crippen LogP contribution in [-0.2, 0) is 4.79 Å². The molecular formula is C10H18N2O. The van der Waals surface area contributed by atoms with Crippen molar-refractivity contribution in [2.75, 3.05) is 7.05 Å². The van der Waals surface area contributed by atoms with Crippen LogP contribution >= 0.6 is 0 Å². The van der Waals surface area contributed by atoms with Crippen molar-refractivity contribution < 1.29 is 4.79 Å². The van der Waals surface area contributed by atoms with E-state index in [0.717, 1.165) is 12.8 Å². The third-order valence-corrected chi connectivity index (χ3v) is 2.45. The maximum absolute atomic E-state index is 11.7. The number of nitriles is 1. The van der Waals surface area contributed by atoms with Gasteiger partial charge in [0.25, 0.3) is 0 Å². The average Bonchev–Trinajstić information content (AvgIpc) is 2.17. The van der Waals surface area contributed by atoms with Crippen molar-refractivity contribution in [2.45, 2.75) is 39.7 Å². The molecule has 3 nitrogen and oxygen atoms in total. The molecule has 1 atom stereocenters. The van der Waals surface area contributed by atoms with Crippen LogP contribution in [0, 0.1) is 17.2 Å². The molecule has 1 unspecified atom stereocenters. The summed E-state index contributed by atoms with van der Waals surface area (Å²) in [5.41, 5.74) is 0. The third kappa shape index (κ3) is 3.06. The monoisotopic (exact) mass is 182 g/mol. The van der Waals surface area contributed by atoms with Gasteiger partial charge >= 0.3 is 0 Å². The third-order valence-electron chi connectivity index (χ3n) is 2.45. The van der Waals surface area contributed by atoms with Gasteiger partial charge in [0.1, 0.15) is 6.04 Å². The standard InChI is InChI=1S/C10H18N2O/c1-5-9(6-2)10(13)12(4)8(3)7-11/h8-9H,5-6H2,1-4H3. The minimum absolute atomic E-state index is 0.0702. The van der Waals surface area contributed by atoms with E-state index in [-0.39, 0.29) is 17.9 Å². The van der Waals surface area contributed by atoms with Gasteiger partial charge in [-0.3, -0.25) is 4.79 Å². The fourth-order valence-electron chi connectivity index (χ4n) is 1.20. The average molecular weight is 182 g/mol. The van der Waals surface area contributed by atoms with Gasteiger partial charge < -0.3 is 4.90 Å². The van der Waals surface area contributed by atoms with Crippen LogP contribution in [0.4, 0.5) is 0 Å². The molecule has 1 amide bonds. The normalized spacial score (nSPS) is 12.3. The first-order valence-corrected chi connectivity index (χ1v) is 4.74. The fourth-order valence-corrected chi connectivity index (χ4v) is 1.20. The van der Waals surface area contributed by atoms with Gasteiger partial charge in [-0.05, 0) is 19.8 Å². The van der Waals surface area contributed by atoms with Crippen molar-refractivity contribution >= 4 is 5.91 Å². The quantitative estimate of drug-likeness (QED) is 0.665. The van der Waals surface area contributed by atoms with Crippen LogP contribution in [0.1, 0.15) is 33.6 Å². The lowest BCUT2D eigenvalue weighted by molar-refractivity contribution is -0.135. The number of carbonyl (C=O) groups excluding carboxylic acids is 1. The van der Waals surface area contributed by atoms with E-state index in [1.807, 2.05) is 13.8 Å². The number of amides is 1. The van der Waals surface area contributed by atoms with Gasteiger partial charge in [-0.2, -0.15) is 5.26 Å². The minimum atomic E-state index is -0.326. The highest BCUT2D eigenvalue weighted by atomic mass is 16.2. The highest BCUT2D eigenvalue weighted by Crippen LogP contribution is 2.12. The van der Waals surface area contributed by atoms with E-state index in [9.17, 15) is 4.79 Å². The molecule has 0 heterocycles. The predicted octanol–water partition coefficient (Wildman–Crippen LogP) is 1.79. The van der Waals surface area contributed by atoms with Gasteiger partial charge in [0.15, 0.2) is 0 Å². The summed E-state index contributed by atoms with van der Waals surface area (Å²) >= 11 is 0. The summed E-state index contributed by atoms with van der Waals surface area (Å²) in [6, 6.07) is 1.73. The SMILES string of the molecule is CCC(CC)C(=O)N(C)C(C)C#N. The van der Waals surface area contributed by atoms with Crippen molar-refractivity contribution in [3.05, 3.63) is 0 Å². The Labute approximate surface area is 80.3 Å². The van der Waals surface area contributed by atoms with Gasteiger partial charge in [0, 0.05) is 13.0 Å². The molecule has 0 fully saturated rings. The second-order valence-electron chi connectivity index (χ2n) is 3.27. The first-order valence-electron chi connectivity index (χ1n) is 4.74. The van der Waals surface area contributed by atoms with Crippen LogP contribution in [0.3, 0.4) is 0 Å². The van der Waals surface area contributed by atoms with E-state index in [1.54, 1.807) is 14.0 Å². The Morgan fingerprint density at radius 2 is 1.92 bits per heavy atom. The topological polar surface area (TPSA) is 44.1 Å². The summed E-state index contributed by atoms with van der Waals surface area (Å²) in [5, 5.41) is 8.64. The first-order chi connectivity index (χ1) is 6.08. The summed E-state index contributed by atoms with van der Waals surface area (Å²) in [6.45, 7) is 5.73. The molecule has 0 aromatic rings. The molecule has 74 valence electrons. The molecule has 3 heteroatoms. The molecule has 0 saturated heterocycles. The Kier molecular flexibility index (Phi) is 5.13. The van der Waals surface area contributed by atoms with Gasteiger partial charge in [0.05, 0.1) is 6.07 Å². The van der Waals surface area contributed by atoms with Crippen LogP contribution in [0.15, 0.2) is 0 Å². The van der Waals surface area contributed by atoms with Crippen molar-refractivity contribution in [1.82, 2.24) is 4.90 Å². The van der Waals surface area contributed by atoms with Crippen molar-refractivity contribution in [2.24, 2.45) is 5.92 Å². The van der Waals surface area contributed by atoms with Crippen LogP contribution < -0.4 is 0 Å². The Bertz CT molecular complexity index is 203. The van der Waals surface area contributed by atoms with Crippen LogP contribution in [0.2, 0.25) is 0 Å². The Morgan fingerprint density at radius 1 is 1.46 bits per heavy atom. The van der Waals surface area contributed by atoms with Crippen molar-refractivity contribution in [3.8, 4) is 6.07 Å². The van der Waals surface area contributed by atoms with Gasteiger partial charge in [-0.25, -0.2) is 0 Å². The second-order valence-corrected chi connectivity index (χ2v) is 3.27. The Balaban J connectivity index is 4.33. The minimum Gasteiger partial charge on any atom is -0.330 e. The zero-order valence-corrected chi connectivity index (χ0v) is 8.87. The number of rotatable bonds is 4. The molecule has 0 N–H and O–H groups in total. The lowest BCUT2D eigenvalue weighted by Crippen LogP contribution is -2.38. The number of nitrogens with zero attached hydrogens (tertiary/aromatic N) is 2. The van der Waals surface area contributed by atoms with Gasteiger partial charge in [0.2, 0.25) is 5.91 Å². The molecule has 0 bridgehead atoms. The molecule has 0 spiro atoms. The molecule has 0 radical (unpaired) electrons. The van der Waals surface area contributed by atoms with Gasteiger partial charge in [-0.1, -0.05) is 13.8 Å². The number of carbonyl (C=O) groups is 1. The molecule has 0 aromatic heterocycles. The lowest BCUT2D eigenvalue weighted by atomic mass is 10.0. The van der Waals surface area contributed by atoms with E-state index < -0.39 is 0 Å². The Hall–Kier alpha value is -1.04. The zero-order chi connectivity index (χ0) is 10.4. The highest BCUT2D eigenvalue weighted by Gasteiger charge is 2.21. The predicted molar refractivity (Wildman–Crippen MR) is 51.9 cm³/mol. The molecule has 0 aromatic carbocycles. The van der Waals surface area contributed by atoms with E-state index in [0.29, 0.717) is 0 Å². The Morgan fingerprint density at radius 3 is 2.23 bits per heavy atom. The summed E-state index contributed by atoms with van der Waals surface area (Å²) in [5.74, 6) is 0.153. The highest BCUT2D eigenvalue weighted by molar-refractivity contribution is 5.79. The zero-order valence-electron chi connectivity index (χ0n) is 8.87. The molecule has 0 aliphatic rings.